The van der Waals surface area contributed by atoms with Gasteiger partial charge in [0.1, 0.15) is 10.0 Å². The molecule has 176 valence electrons. The van der Waals surface area contributed by atoms with E-state index in [0.717, 1.165) is 11.1 Å². The Hall–Kier alpha value is -2.87. The van der Waals surface area contributed by atoms with Crippen molar-refractivity contribution in [1.29, 1.82) is 5.26 Å². The summed E-state index contributed by atoms with van der Waals surface area (Å²) >= 11 is 3.19. The van der Waals surface area contributed by atoms with Gasteiger partial charge in [-0.1, -0.05) is 0 Å². The van der Waals surface area contributed by atoms with E-state index in [2.05, 4.69) is 31.3 Å². The average molecular weight is 526 g/mol. The second-order valence-electron chi connectivity index (χ2n) is 8.25. The van der Waals surface area contributed by atoms with Crippen molar-refractivity contribution in [3.8, 4) is 6.07 Å². The summed E-state index contributed by atoms with van der Waals surface area (Å²) in [5.41, 5.74) is 4.28. The van der Waals surface area contributed by atoms with Crippen LogP contribution in [0.5, 0.6) is 0 Å². The Kier molecular flexibility index (Phi) is 5.35. The van der Waals surface area contributed by atoms with E-state index in [4.69, 9.17) is 5.73 Å². The number of carbonyl (C=O) groups is 2. The molecule has 2 amide bonds. The monoisotopic (exact) mass is 525 g/mol. The number of nitrogens with zero attached hydrogens (tertiary/aromatic N) is 5. The van der Waals surface area contributed by atoms with Gasteiger partial charge in [0, 0.05) is 13.1 Å². The summed E-state index contributed by atoms with van der Waals surface area (Å²) in [7, 11) is 0. The normalized spacial score (nSPS) is 22.3. The minimum Gasteiger partial charge on any atom is -0.376 e. The number of nitriles is 1. The van der Waals surface area contributed by atoms with Gasteiger partial charge in [-0.2, -0.15) is 10.4 Å². The van der Waals surface area contributed by atoms with Gasteiger partial charge in [-0.05, 0) is 28.8 Å². The van der Waals surface area contributed by atoms with Crippen LogP contribution in [0.3, 0.4) is 0 Å². The highest BCUT2D eigenvalue weighted by Crippen LogP contribution is 2.48. The third-order valence-corrected chi connectivity index (χ3v) is 6.43. The first-order chi connectivity index (χ1) is 15.3. The highest BCUT2D eigenvalue weighted by molar-refractivity contribution is 9.10. The maximum Gasteiger partial charge on any atom is 0.333 e. The topological polar surface area (TPSA) is 231 Å². The van der Waals surface area contributed by atoms with Crippen molar-refractivity contribution in [3.63, 3.8) is 0 Å². The number of primary amides is 1. The lowest BCUT2D eigenvalue weighted by molar-refractivity contribution is -0.459. The van der Waals surface area contributed by atoms with Gasteiger partial charge in [-0.25, -0.2) is 9.50 Å². The number of nitrogens with two attached hydrogens (primary N) is 1. The molecule has 3 heterocycles. The maximum atomic E-state index is 12.9. The summed E-state index contributed by atoms with van der Waals surface area (Å²) in [6, 6.07) is 0.807. The lowest BCUT2D eigenvalue weighted by Crippen LogP contribution is -2.62. The number of hydrogen-bond donors (Lipinski definition) is 7. The molecule has 0 aromatic carbocycles. The minimum atomic E-state index is -3.94. The molecule has 0 radical (unpaired) electrons. The van der Waals surface area contributed by atoms with Gasteiger partial charge in [0.05, 0.1) is 41.7 Å². The zero-order valence-electron chi connectivity index (χ0n) is 16.9. The fraction of sp³-hybridized carbons (Fsp3) is 0.500. The zero-order valence-corrected chi connectivity index (χ0v) is 18.5. The number of anilines is 1. The predicted octanol–water partition coefficient (Wildman–Crippen LogP) is -2.56. The maximum absolute atomic E-state index is 12.9. The lowest BCUT2D eigenvalue weighted by atomic mass is 9.91. The Morgan fingerprint density at radius 3 is 2.48 bits per heavy atom. The van der Waals surface area contributed by atoms with Crippen LogP contribution in [0.25, 0.3) is 5.65 Å². The van der Waals surface area contributed by atoms with Crippen molar-refractivity contribution in [2.75, 3.05) is 18.4 Å². The fourth-order valence-corrected chi connectivity index (χ4v) is 4.36. The molecule has 2 atom stereocenters. The first kappa shape index (κ1) is 23.3. The number of halogens is 1. The van der Waals surface area contributed by atoms with Gasteiger partial charge >= 0.3 is 5.97 Å². The molecule has 2 aromatic heterocycles. The van der Waals surface area contributed by atoms with Gasteiger partial charge < -0.3 is 41.5 Å². The molecule has 0 spiro atoms. The summed E-state index contributed by atoms with van der Waals surface area (Å²) < 4.78 is 1.67. The van der Waals surface area contributed by atoms with Gasteiger partial charge in [0.25, 0.3) is 11.7 Å². The number of hydrogen-bond acceptors (Lipinski definition) is 11. The molecule has 1 saturated carbocycles. The molecule has 4 rings (SSSR count). The summed E-state index contributed by atoms with van der Waals surface area (Å²) in [6.07, 6.45) is 3.33. The summed E-state index contributed by atoms with van der Waals surface area (Å²) in [4.78, 5) is 30.3. The van der Waals surface area contributed by atoms with E-state index in [0.29, 0.717) is 17.4 Å². The second-order valence-corrected chi connectivity index (χ2v) is 9.06. The van der Waals surface area contributed by atoms with Crippen molar-refractivity contribution >= 4 is 39.1 Å². The Morgan fingerprint density at radius 2 is 1.94 bits per heavy atom. The van der Waals surface area contributed by atoms with Crippen molar-refractivity contribution in [2.24, 2.45) is 17.1 Å². The number of amides is 2. The van der Waals surface area contributed by atoms with E-state index in [9.17, 15) is 40.4 Å². The molecule has 15 heteroatoms. The summed E-state index contributed by atoms with van der Waals surface area (Å²) in [5, 5.41) is 65.8. The van der Waals surface area contributed by atoms with Crippen LogP contribution in [-0.4, -0.2) is 87.7 Å². The smallest absolute Gasteiger partial charge is 0.333 e. The van der Waals surface area contributed by atoms with E-state index in [1.165, 1.54) is 10.7 Å². The van der Waals surface area contributed by atoms with E-state index in [-0.39, 0.29) is 23.4 Å². The van der Waals surface area contributed by atoms with Crippen LogP contribution in [0.1, 0.15) is 23.2 Å². The van der Waals surface area contributed by atoms with Crippen LogP contribution in [0, 0.1) is 22.7 Å². The van der Waals surface area contributed by atoms with Crippen molar-refractivity contribution in [1.82, 2.24) is 19.5 Å². The molecule has 2 aromatic rings. The molecular formula is C18H20BrN7O7. The second kappa shape index (κ2) is 7.58. The molecule has 33 heavy (non-hydrogen) atoms. The number of fused-ring (bicyclic) bond motifs is 1. The predicted molar refractivity (Wildman–Crippen MR) is 111 cm³/mol. The lowest BCUT2D eigenvalue weighted by Gasteiger charge is -2.37. The van der Waals surface area contributed by atoms with E-state index < -0.39 is 47.5 Å². The average Bonchev–Trinajstić information content (AvgIpc) is 3.25. The van der Waals surface area contributed by atoms with Crippen LogP contribution in [0.15, 0.2) is 17.0 Å². The number of nitrogens with one attached hydrogen (secondary N) is 1. The van der Waals surface area contributed by atoms with Crippen LogP contribution in [-0.2, 0) is 4.79 Å². The fourth-order valence-electron chi connectivity index (χ4n) is 3.99. The minimum absolute atomic E-state index is 0.0316. The largest absolute Gasteiger partial charge is 0.376 e. The number of aromatic nitrogens is 3. The first-order valence-electron chi connectivity index (χ1n) is 9.73. The molecule has 14 nitrogen and oxygen atoms in total. The zero-order chi connectivity index (χ0) is 24.3. The van der Waals surface area contributed by atoms with Gasteiger partial charge in [0.2, 0.25) is 5.91 Å². The number of carbonyl (C=O) groups excluding carboxylic acids is 2. The van der Waals surface area contributed by atoms with Crippen LogP contribution in [0.4, 0.5) is 5.69 Å². The van der Waals surface area contributed by atoms with Crippen LogP contribution >= 0.6 is 15.9 Å². The molecule has 0 bridgehead atoms. The van der Waals surface area contributed by atoms with Crippen molar-refractivity contribution < 1.29 is 35.1 Å². The van der Waals surface area contributed by atoms with Gasteiger partial charge in [0.15, 0.2) is 5.65 Å². The summed E-state index contributed by atoms with van der Waals surface area (Å²) in [5.74, 6) is -10.5. The Balaban J connectivity index is 1.76. The molecule has 2 unspecified atom stereocenters. The van der Waals surface area contributed by atoms with Crippen molar-refractivity contribution in [3.05, 3.63) is 22.6 Å². The molecule has 1 aliphatic heterocycles. The molecule has 2 fully saturated rings. The molecular weight excluding hydrogens is 506 g/mol. The third kappa shape index (κ3) is 3.80. The number of likely N-dealkylation sites (tertiary alicyclic amines) is 1. The number of rotatable bonds is 6. The van der Waals surface area contributed by atoms with E-state index >= 15 is 0 Å². The van der Waals surface area contributed by atoms with Crippen molar-refractivity contribution in [2.45, 2.75) is 30.6 Å². The Morgan fingerprint density at radius 1 is 1.27 bits per heavy atom. The van der Waals surface area contributed by atoms with E-state index in [1.54, 1.807) is 0 Å². The third-order valence-electron chi connectivity index (χ3n) is 6.05. The number of aliphatic hydroxyl groups is 5. The summed E-state index contributed by atoms with van der Waals surface area (Å²) in [6.45, 7) is -0.664. The van der Waals surface area contributed by atoms with E-state index in [1.807, 2.05) is 6.07 Å². The highest BCUT2D eigenvalue weighted by atomic mass is 79.9. The van der Waals surface area contributed by atoms with Crippen LogP contribution < -0.4 is 11.1 Å². The first-order valence-corrected chi connectivity index (χ1v) is 10.5. The molecule has 1 aliphatic carbocycles. The Labute approximate surface area is 194 Å². The standard InChI is InChI=1S/C18H20BrN7O7/c19-11-6-26-14(24-11)12(8(3-22-26)13(21)27)23-10-5-25(15(28)16(7-20)1-2-16)4-9(10)17(29,30)18(31,32)33/h3,6,9-10,23,29-33H,1-2,4-5H2,(H2,21,27). The van der Waals surface area contributed by atoms with Crippen LogP contribution in [0.2, 0.25) is 0 Å². The SMILES string of the molecule is N#CC1(C(=O)N2CC(Nc3c(C(N)=O)cnn4cc(Br)nc34)C(C(O)(O)C(O)(O)O)C2)CC1. The van der Waals surface area contributed by atoms with Gasteiger partial charge in [-0.3, -0.25) is 9.59 Å². The van der Waals surface area contributed by atoms with Gasteiger partial charge in [-0.15, -0.1) is 0 Å². The quantitative estimate of drug-likeness (QED) is 0.194. The molecule has 1 saturated heterocycles. The molecule has 8 N–H and O–H groups in total. The highest BCUT2D eigenvalue weighted by Gasteiger charge is 2.61. The number of imidazole rings is 1. The Bertz CT molecular complexity index is 1180. The molecule has 2 aliphatic rings.